The van der Waals surface area contributed by atoms with Gasteiger partial charge < -0.3 is 15.0 Å². The van der Waals surface area contributed by atoms with Crippen molar-refractivity contribution < 1.29 is 17.5 Å². The van der Waals surface area contributed by atoms with Crippen LogP contribution in [0.15, 0.2) is 42.6 Å². The van der Waals surface area contributed by atoms with Crippen LogP contribution in [0.5, 0.6) is 11.6 Å². The van der Waals surface area contributed by atoms with Gasteiger partial charge in [-0.3, -0.25) is 0 Å². The van der Waals surface area contributed by atoms with E-state index < -0.39 is 21.1 Å². The second-order valence-corrected chi connectivity index (χ2v) is 11.6. The van der Waals surface area contributed by atoms with Crippen molar-refractivity contribution in [2.45, 2.75) is 32.9 Å². The molecule has 4 rings (SSSR count). The normalized spacial score (nSPS) is 14.5. The van der Waals surface area contributed by atoms with Crippen LogP contribution in [0.1, 0.15) is 30.5 Å². The van der Waals surface area contributed by atoms with Gasteiger partial charge in [0.05, 0.1) is 22.6 Å². The largest absolute Gasteiger partial charge is 0.438 e. The number of piperazine rings is 1. The van der Waals surface area contributed by atoms with Crippen LogP contribution in [-0.4, -0.2) is 54.1 Å². The number of nitriles is 1. The summed E-state index contributed by atoms with van der Waals surface area (Å²) in [5.74, 6) is 0.725. The minimum Gasteiger partial charge on any atom is -0.438 e. The zero-order chi connectivity index (χ0) is 26.7. The topological polar surface area (TPSA) is 111 Å². The molecule has 0 atom stereocenters. The third-order valence-corrected chi connectivity index (χ3v) is 8.44. The molecule has 0 radical (unpaired) electrons. The Hall–Kier alpha value is -3.75. The van der Waals surface area contributed by atoms with Crippen molar-refractivity contribution in [1.29, 1.82) is 5.26 Å². The molecule has 0 unspecified atom stereocenters. The summed E-state index contributed by atoms with van der Waals surface area (Å²) in [5.41, 5.74) is 3.05. The number of benzene rings is 2. The Morgan fingerprint density at radius 2 is 1.76 bits per heavy atom. The molecule has 2 aromatic carbocycles. The summed E-state index contributed by atoms with van der Waals surface area (Å²) in [6.07, 6.45) is 1.54. The van der Waals surface area contributed by atoms with Gasteiger partial charge in [-0.1, -0.05) is 0 Å². The van der Waals surface area contributed by atoms with Crippen LogP contribution in [0.25, 0.3) is 0 Å². The number of nitrogens with zero attached hydrogens (tertiary/aromatic N) is 5. The molecule has 1 aromatic heterocycles. The number of hydrogen-bond donors (Lipinski definition) is 1. The van der Waals surface area contributed by atoms with Crippen molar-refractivity contribution in [3.8, 4) is 17.7 Å². The monoisotopic (exact) mass is 524 g/mol. The first-order chi connectivity index (χ1) is 17.6. The molecule has 2 heterocycles. The van der Waals surface area contributed by atoms with Crippen LogP contribution in [0.2, 0.25) is 0 Å². The number of halogens is 1. The average molecular weight is 525 g/mol. The van der Waals surface area contributed by atoms with Gasteiger partial charge >= 0.3 is 0 Å². The van der Waals surface area contributed by atoms with E-state index in [1.54, 1.807) is 44.2 Å². The molecule has 1 saturated heterocycles. The van der Waals surface area contributed by atoms with E-state index >= 15 is 4.39 Å². The maximum absolute atomic E-state index is 15.0. The van der Waals surface area contributed by atoms with Gasteiger partial charge in [0.2, 0.25) is 21.9 Å². The van der Waals surface area contributed by atoms with Crippen LogP contribution < -0.4 is 15.0 Å². The quantitative estimate of drug-likeness (QED) is 0.481. The lowest BCUT2D eigenvalue weighted by molar-refractivity contribution is 0.379. The lowest BCUT2D eigenvalue weighted by Crippen LogP contribution is -2.50. The minimum absolute atomic E-state index is 0.237. The first-order valence-electron chi connectivity index (χ1n) is 11.9. The van der Waals surface area contributed by atoms with Crippen LogP contribution >= 0.6 is 0 Å². The number of aryl methyl sites for hydroxylation is 2. The van der Waals surface area contributed by atoms with Crippen molar-refractivity contribution in [3.63, 3.8) is 0 Å². The van der Waals surface area contributed by atoms with Crippen molar-refractivity contribution in [2.75, 3.05) is 36.4 Å². The highest BCUT2D eigenvalue weighted by atomic mass is 32.2. The lowest BCUT2D eigenvalue weighted by Gasteiger charge is -2.36. The smallest absolute Gasteiger partial charge is 0.230 e. The van der Waals surface area contributed by atoms with Gasteiger partial charge in [-0.15, -0.1) is 0 Å². The standard InChI is InChI=1S/C26H29FN6O3S/c1-17(2)37(34,35)33-11-9-32(10-12-33)23-6-5-21(15-22(23)27)30-26-29-8-7-24(31-26)36-25-18(3)13-20(16-28)14-19(25)4/h5-8,13-15,17H,9-12H2,1-4H3,(H,29,30,31). The van der Waals surface area contributed by atoms with Gasteiger partial charge in [-0.25, -0.2) is 17.8 Å². The fourth-order valence-electron chi connectivity index (χ4n) is 4.19. The summed E-state index contributed by atoms with van der Waals surface area (Å²) in [7, 11) is -3.32. The van der Waals surface area contributed by atoms with Gasteiger partial charge in [0.1, 0.15) is 11.6 Å². The highest BCUT2D eigenvalue weighted by Crippen LogP contribution is 2.30. The third kappa shape index (κ3) is 5.81. The molecule has 0 amide bonds. The zero-order valence-corrected chi connectivity index (χ0v) is 22.0. The van der Waals surface area contributed by atoms with Gasteiger partial charge in [0, 0.05) is 44.1 Å². The van der Waals surface area contributed by atoms with Gasteiger partial charge in [0.15, 0.2) is 0 Å². The predicted octanol–water partition coefficient (Wildman–Crippen LogP) is 4.50. The van der Waals surface area contributed by atoms with Crippen molar-refractivity contribution in [3.05, 3.63) is 65.1 Å². The first-order valence-corrected chi connectivity index (χ1v) is 13.4. The van der Waals surface area contributed by atoms with Crippen molar-refractivity contribution in [1.82, 2.24) is 14.3 Å². The molecule has 1 N–H and O–H groups in total. The molecule has 1 fully saturated rings. The van der Waals surface area contributed by atoms with Crippen LogP contribution in [-0.2, 0) is 10.0 Å². The van der Waals surface area contributed by atoms with Crippen molar-refractivity contribution >= 4 is 27.3 Å². The summed E-state index contributed by atoms with van der Waals surface area (Å²) in [6.45, 7) is 8.49. The van der Waals surface area contributed by atoms with Crippen molar-refractivity contribution in [2.24, 2.45) is 0 Å². The molecular weight excluding hydrogens is 495 g/mol. The van der Waals surface area contributed by atoms with E-state index in [0.29, 0.717) is 54.7 Å². The molecule has 194 valence electrons. The Balaban J connectivity index is 1.44. The molecule has 0 spiro atoms. The molecule has 11 heteroatoms. The van der Waals surface area contributed by atoms with E-state index in [-0.39, 0.29) is 5.95 Å². The summed E-state index contributed by atoms with van der Waals surface area (Å²) < 4.78 is 47.2. The number of sulfonamides is 1. The van der Waals surface area contributed by atoms with E-state index in [2.05, 4.69) is 21.4 Å². The van der Waals surface area contributed by atoms with Crippen LogP contribution in [0.3, 0.4) is 0 Å². The molecule has 0 bridgehead atoms. The van der Waals surface area contributed by atoms with E-state index in [4.69, 9.17) is 10.00 Å². The minimum atomic E-state index is -3.32. The summed E-state index contributed by atoms with van der Waals surface area (Å²) >= 11 is 0. The number of hydrogen-bond acceptors (Lipinski definition) is 8. The Morgan fingerprint density at radius 1 is 1.08 bits per heavy atom. The van der Waals surface area contributed by atoms with E-state index in [1.165, 1.54) is 16.6 Å². The molecule has 37 heavy (non-hydrogen) atoms. The number of aromatic nitrogens is 2. The van der Waals surface area contributed by atoms with Gasteiger partial charge in [0.25, 0.3) is 0 Å². The lowest BCUT2D eigenvalue weighted by atomic mass is 10.1. The highest BCUT2D eigenvalue weighted by molar-refractivity contribution is 7.89. The van der Waals surface area contributed by atoms with E-state index in [0.717, 1.165) is 11.1 Å². The number of nitrogens with one attached hydrogen (secondary N) is 1. The molecule has 0 aliphatic carbocycles. The average Bonchev–Trinajstić information content (AvgIpc) is 2.86. The van der Waals surface area contributed by atoms with E-state index in [9.17, 15) is 8.42 Å². The number of anilines is 3. The molecule has 1 aliphatic rings. The van der Waals surface area contributed by atoms with Gasteiger partial charge in [-0.05, 0) is 69.2 Å². The third-order valence-electron chi connectivity index (χ3n) is 6.16. The summed E-state index contributed by atoms with van der Waals surface area (Å²) in [4.78, 5) is 10.4. The first kappa shape index (κ1) is 26.3. The van der Waals surface area contributed by atoms with E-state index in [1.807, 2.05) is 18.7 Å². The maximum Gasteiger partial charge on any atom is 0.230 e. The Kier molecular flexibility index (Phi) is 7.61. The fourth-order valence-corrected chi connectivity index (χ4v) is 5.46. The Bertz CT molecular complexity index is 1420. The molecule has 3 aromatic rings. The van der Waals surface area contributed by atoms with Crippen LogP contribution in [0.4, 0.5) is 21.7 Å². The molecule has 0 saturated carbocycles. The number of ether oxygens (including phenoxy) is 1. The second kappa shape index (κ2) is 10.7. The molecule has 1 aliphatic heterocycles. The second-order valence-electron chi connectivity index (χ2n) is 9.14. The fraction of sp³-hybridized carbons (Fsp3) is 0.346. The predicted molar refractivity (Wildman–Crippen MR) is 140 cm³/mol. The number of rotatable bonds is 7. The Morgan fingerprint density at radius 3 is 2.35 bits per heavy atom. The summed E-state index contributed by atoms with van der Waals surface area (Å²) in [6, 6.07) is 12.0. The maximum atomic E-state index is 15.0. The zero-order valence-electron chi connectivity index (χ0n) is 21.2. The summed E-state index contributed by atoms with van der Waals surface area (Å²) in [5, 5.41) is 11.7. The van der Waals surface area contributed by atoms with Gasteiger partial charge in [-0.2, -0.15) is 14.6 Å². The SMILES string of the molecule is Cc1cc(C#N)cc(C)c1Oc1ccnc(Nc2ccc(N3CCN(S(=O)(=O)C(C)C)CC3)c(F)c2)n1. The molecule has 9 nitrogen and oxygen atoms in total. The van der Waals surface area contributed by atoms with Crippen LogP contribution in [0, 0.1) is 31.0 Å². The molecular formula is C26H29FN6O3S. The Labute approximate surface area is 216 Å². The highest BCUT2D eigenvalue weighted by Gasteiger charge is 2.30.